The molecule has 0 aliphatic rings. The smallest absolute Gasteiger partial charge is 0.251 e. The lowest BCUT2D eigenvalue weighted by Gasteiger charge is -2.17. The number of rotatable bonds is 6. The Morgan fingerprint density at radius 2 is 2.04 bits per heavy atom. The first-order chi connectivity index (χ1) is 11.7. The second kappa shape index (κ2) is 7.44. The zero-order valence-corrected chi connectivity index (χ0v) is 14.0. The Labute approximate surface area is 143 Å². The summed E-state index contributed by atoms with van der Waals surface area (Å²) in [5.74, 6) is 0.939. The molecule has 0 bridgehead atoms. The molecule has 0 aliphatic heterocycles. The zero-order chi connectivity index (χ0) is 16.9. The van der Waals surface area contributed by atoms with Crippen molar-refractivity contribution in [2.45, 2.75) is 12.5 Å². The van der Waals surface area contributed by atoms with E-state index < -0.39 is 0 Å². The maximum atomic E-state index is 13.0. The summed E-state index contributed by atoms with van der Waals surface area (Å²) in [6.07, 6.45) is 4.62. The number of hydrogen-bond donors (Lipinski definition) is 1. The molecule has 2 aromatic heterocycles. The standard InChI is InChI=1S/C17H17FN4OS/c1-24-11-9-14(16-21-20-15-4-2-3-10-22(15)16)19-17(23)12-5-7-13(18)8-6-12/h2-8,10,14H,9,11H2,1H3,(H,19,23)/t14-/m1/s1. The van der Waals surface area contributed by atoms with Crippen molar-refractivity contribution in [3.8, 4) is 0 Å². The summed E-state index contributed by atoms with van der Waals surface area (Å²) < 4.78 is 14.9. The Bertz CT molecular complexity index is 834. The van der Waals surface area contributed by atoms with Gasteiger partial charge in [-0.25, -0.2) is 4.39 Å². The maximum Gasteiger partial charge on any atom is 0.251 e. The summed E-state index contributed by atoms with van der Waals surface area (Å²) in [6.45, 7) is 0. The van der Waals surface area contributed by atoms with Crippen LogP contribution in [-0.2, 0) is 0 Å². The first-order valence-electron chi connectivity index (χ1n) is 7.54. The number of pyridine rings is 1. The van der Waals surface area contributed by atoms with Gasteiger partial charge in [0.15, 0.2) is 11.5 Å². The van der Waals surface area contributed by atoms with Crippen LogP contribution >= 0.6 is 11.8 Å². The zero-order valence-electron chi connectivity index (χ0n) is 13.1. The molecule has 1 aromatic carbocycles. The summed E-state index contributed by atoms with van der Waals surface area (Å²) in [5, 5.41) is 11.4. The molecule has 0 saturated heterocycles. The largest absolute Gasteiger partial charge is 0.342 e. The quantitative estimate of drug-likeness (QED) is 0.746. The van der Waals surface area contributed by atoms with Crippen LogP contribution < -0.4 is 5.32 Å². The fourth-order valence-electron chi connectivity index (χ4n) is 2.44. The average Bonchev–Trinajstić information content (AvgIpc) is 3.03. The summed E-state index contributed by atoms with van der Waals surface area (Å²) in [5.41, 5.74) is 1.15. The highest BCUT2D eigenvalue weighted by atomic mass is 32.2. The third-order valence-corrected chi connectivity index (χ3v) is 4.32. The number of nitrogens with one attached hydrogen (secondary N) is 1. The first kappa shape index (κ1) is 16.4. The molecule has 0 spiro atoms. The van der Waals surface area contributed by atoms with Crippen LogP contribution in [0.3, 0.4) is 0 Å². The molecule has 3 aromatic rings. The number of aromatic nitrogens is 3. The second-order valence-electron chi connectivity index (χ2n) is 5.30. The van der Waals surface area contributed by atoms with Crippen LogP contribution in [0.1, 0.15) is 28.6 Å². The Morgan fingerprint density at radius 1 is 1.25 bits per heavy atom. The predicted molar refractivity (Wildman–Crippen MR) is 92.6 cm³/mol. The lowest BCUT2D eigenvalue weighted by molar-refractivity contribution is 0.0933. The topological polar surface area (TPSA) is 59.3 Å². The number of amides is 1. The minimum Gasteiger partial charge on any atom is -0.342 e. The van der Waals surface area contributed by atoms with Gasteiger partial charge < -0.3 is 5.32 Å². The fraction of sp³-hybridized carbons (Fsp3) is 0.235. The lowest BCUT2D eigenvalue weighted by atomic mass is 10.1. The lowest BCUT2D eigenvalue weighted by Crippen LogP contribution is -2.30. The van der Waals surface area contributed by atoms with E-state index in [0.29, 0.717) is 11.4 Å². The Morgan fingerprint density at radius 3 is 2.79 bits per heavy atom. The molecule has 1 N–H and O–H groups in total. The highest BCUT2D eigenvalue weighted by Crippen LogP contribution is 2.19. The molecule has 3 rings (SSSR count). The number of thioether (sulfide) groups is 1. The highest BCUT2D eigenvalue weighted by molar-refractivity contribution is 7.98. The van der Waals surface area contributed by atoms with E-state index >= 15 is 0 Å². The maximum absolute atomic E-state index is 13.0. The first-order valence-corrected chi connectivity index (χ1v) is 8.93. The van der Waals surface area contributed by atoms with E-state index in [-0.39, 0.29) is 17.8 Å². The van der Waals surface area contributed by atoms with Crippen LogP contribution in [-0.4, -0.2) is 32.5 Å². The van der Waals surface area contributed by atoms with Crippen molar-refractivity contribution in [2.24, 2.45) is 0 Å². The number of fused-ring (bicyclic) bond motifs is 1. The van der Waals surface area contributed by atoms with Crippen molar-refractivity contribution in [2.75, 3.05) is 12.0 Å². The molecule has 124 valence electrons. The SMILES string of the molecule is CSCC[C@@H](NC(=O)c1ccc(F)cc1)c1nnc2ccccn12. The van der Waals surface area contributed by atoms with Crippen LogP contribution in [0.2, 0.25) is 0 Å². The number of carbonyl (C=O) groups is 1. The Balaban J connectivity index is 1.86. The van der Waals surface area contributed by atoms with E-state index in [1.807, 2.05) is 35.1 Å². The van der Waals surface area contributed by atoms with E-state index in [0.717, 1.165) is 17.8 Å². The summed E-state index contributed by atoms with van der Waals surface area (Å²) >= 11 is 1.70. The number of nitrogens with zero attached hydrogens (tertiary/aromatic N) is 3. The second-order valence-corrected chi connectivity index (χ2v) is 6.29. The van der Waals surface area contributed by atoms with Gasteiger partial charge in [0.1, 0.15) is 5.82 Å². The van der Waals surface area contributed by atoms with Gasteiger partial charge in [-0.05, 0) is 54.8 Å². The van der Waals surface area contributed by atoms with Crippen molar-refractivity contribution in [3.05, 3.63) is 65.9 Å². The van der Waals surface area contributed by atoms with Gasteiger partial charge in [0.2, 0.25) is 0 Å². The van der Waals surface area contributed by atoms with Crippen molar-refractivity contribution >= 4 is 23.3 Å². The van der Waals surface area contributed by atoms with Crippen LogP contribution in [0.5, 0.6) is 0 Å². The molecule has 2 heterocycles. The summed E-state index contributed by atoms with van der Waals surface area (Å²) in [7, 11) is 0. The molecule has 0 saturated carbocycles. The van der Waals surface area contributed by atoms with Crippen LogP contribution in [0.15, 0.2) is 48.7 Å². The summed E-state index contributed by atoms with van der Waals surface area (Å²) in [4.78, 5) is 12.5. The van der Waals surface area contributed by atoms with Gasteiger partial charge in [-0.2, -0.15) is 11.8 Å². The van der Waals surface area contributed by atoms with Crippen LogP contribution in [0.25, 0.3) is 5.65 Å². The van der Waals surface area contributed by atoms with Crippen LogP contribution in [0.4, 0.5) is 4.39 Å². The van der Waals surface area contributed by atoms with Gasteiger partial charge in [-0.3, -0.25) is 9.20 Å². The van der Waals surface area contributed by atoms with E-state index in [4.69, 9.17) is 0 Å². The Hall–Kier alpha value is -2.41. The summed E-state index contributed by atoms with van der Waals surface area (Å²) in [6, 6.07) is 10.9. The van der Waals surface area contributed by atoms with E-state index in [1.54, 1.807) is 11.8 Å². The van der Waals surface area contributed by atoms with E-state index in [9.17, 15) is 9.18 Å². The van der Waals surface area contributed by atoms with Gasteiger partial charge in [0, 0.05) is 11.8 Å². The minimum atomic E-state index is -0.367. The molecular formula is C17H17FN4OS. The van der Waals surface area contributed by atoms with Gasteiger partial charge in [-0.15, -0.1) is 10.2 Å². The van der Waals surface area contributed by atoms with Gasteiger partial charge in [0.25, 0.3) is 5.91 Å². The number of carbonyl (C=O) groups excluding carboxylic acids is 1. The predicted octanol–water partition coefficient (Wildman–Crippen LogP) is 3.09. The molecule has 5 nitrogen and oxygen atoms in total. The molecule has 1 amide bonds. The normalized spacial score (nSPS) is 12.2. The van der Waals surface area contributed by atoms with E-state index in [1.165, 1.54) is 24.3 Å². The minimum absolute atomic E-state index is 0.256. The monoisotopic (exact) mass is 344 g/mol. The number of halogens is 1. The fourth-order valence-corrected chi connectivity index (χ4v) is 2.91. The van der Waals surface area contributed by atoms with Crippen molar-refractivity contribution in [3.63, 3.8) is 0 Å². The molecular weight excluding hydrogens is 327 g/mol. The van der Waals surface area contributed by atoms with Crippen LogP contribution in [0, 0.1) is 5.82 Å². The highest BCUT2D eigenvalue weighted by Gasteiger charge is 2.20. The Kier molecular flexibility index (Phi) is 5.10. The molecule has 1 atom stereocenters. The third kappa shape index (κ3) is 3.56. The van der Waals surface area contributed by atoms with E-state index in [2.05, 4.69) is 15.5 Å². The number of hydrogen-bond acceptors (Lipinski definition) is 4. The van der Waals surface area contributed by atoms with Crippen molar-refractivity contribution in [1.29, 1.82) is 0 Å². The van der Waals surface area contributed by atoms with Crippen molar-refractivity contribution in [1.82, 2.24) is 19.9 Å². The van der Waals surface area contributed by atoms with Gasteiger partial charge in [0.05, 0.1) is 6.04 Å². The van der Waals surface area contributed by atoms with Crippen molar-refractivity contribution < 1.29 is 9.18 Å². The van der Waals surface area contributed by atoms with Gasteiger partial charge >= 0.3 is 0 Å². The molecule has 24 heavy (non-hydrogen) atoms. The molecule has 0 aliphatic carbocycles. The molecule has 0 unspecified atom stereocenters. The third-order valence-electron chi connectivity index (χ3n) is 3.67. The molecule has 0 radical (unpaired) electrons. The number of benzene rings is 1. The average molecular weight is 344 g/mol. The molecule has 0 fully saturated rings. The molecule has 7 heteroatoms. The van der Waals surface area contributed by atoms with Gasteiger partial charge in [-0.1, -0.05) is 6.07 Å².